The fourth-order valence-electron chi connectivity index (χ4n) is 2.53. The maximum atomic E-state index is 10.7. The third kappa shape index (κ3) is 4.89. The minimum absolute atomic E-state index is 0.0670. The van der Waals surface area contributed by atoms with Gasteiger partial charge in [-0.05, 0) is 74.0 Å². The van der Waals surface area contributed by atoms with Crippen molar-refractivity contribution < 1.29 is 19.7 Å². The predicted molar refractivity (Wildman–Crippen MR) is 110 cm³/mol. The fraction of sp³-hybridized carbons (Fsp3) is 0.250. The Morgan fingerprint density at radius 3 is 2.35 bits per heavy atom. The number of halogens is 2. The van der Waals surface area contributed by atoms with Gasteiger partial charge in [0.2, 0.25) is 0 Å². The summed E-state index contributed by atoms with van der Waals surface area (Å²) in [6.07, 6.45) is 2.09. The van der Waals surface area contributed by atoms with Crippen LogP contribution in [0.25, 0.3) is 6.08 Å². The monoisotopic (exact) mass is 482 g/mol. The first-order valence-electron chi connectivity index (χ1n) is 8.09. The summed E-state index contributed by atoms with van der Waals surface area (Å²) in [6, 6.07) is 7.23. The van der Waals surface area contributed by atoms with Crippen molar-refractivity contribution in [3.05, 3.63) is 56.5 Å². The van der Waals surface area contributed by atoms with Gasteiger partial charge in [0, 0.05) is 17.5 Å². The van der Waals surface area contributed by atoms with E-state index in [2.05, 4.69) is 38.4 Å². The molecule has 0 aromatic heterocycles. The van der Waals surface area contributed by atoms with Crippen LogP contribution in [0.5, 0.6) is 17.2 Å². The van der Waals surface area contributed by atoms with E-state index in [1.807, 2.05) is 32.0 Å². The van der Waals surface area contributed by atoms with Crippen molar-refractivity contribution in [1.82, 2.24) is 0 Å². The number of hydrogen-bond donors (Lipinski definition) is 2. The third-order valence-electron chi connectivity index (χ3n) is 3.89. The number of carboxylic acids is 1. The van der Waals surface area contributed by atoms with Gasteiger partial charge < -0.3 is 14.9 Å². The first-order chi connectivity index (χ1) is 12.2. The molecule has 26 heavy (non-hydrogen) atoms. The van der Waals surface area contributed by atoms with Gasteiger partial charge in [-0.15, -0.1) is 0 Å². The number of rotatable bonds is 7. The number of carboxylic acid groups (broad SMARTS) is 1. The SMILES string of the molecule is C=Cc1cc(Oc2c(Br)cc(CCC(=O)O)cc2Br)cc(C(C)C)c1O. The Hall–Kier alpha value is -1.79. The molecule has 6 heteroatoms. The molecule has 0 aliphatic carbocycles. The zero-order valence-electron chi connectivity index (χ0n) is 14.6. The highest BCUT2D eigenvalue weighted by Crippen LogP contribution is 2.41. The third-order valence-corrected chi connectivity index (χ3v) is 5.07. The van der Waals surface area contributed by atoms with E-state index in [4.69, 9.17) is 9.84 Å². The van der Waals surface area contributed by atoms with Crippen LogP contribution >= 0.6 is 31.9 Å². The van der Waals surface area contributed by atoms with Crippen LogP contribution < -0.4 is 4.74 Å². The highest BCUT2D eigenvalue weighted by Gasteiger charge is 2.15. The summed E-state index contributed by atoms with van der Waals surface area (Å²) in [5.74, 6) is 0.674. The number of hydrogen-bond acceptors (Lipinski definition) is 3. The van der Waals surface area contributed by atoms with Gasteiger partial charge >= 0.3 is 5.97 Å². The maximum Gasteiger partial charge on any atom is 0.303 e. The summed E-state index contributed by atoms with van der Waals surface area (Å²) < 4.78 is 7.47. The number of aryl methyl sites for hydroxylation is 1. The molecule has 2 rings (SSSR count). The Bertz CT molecular complexity index is 821. The molecular formula is C20H20Br2O4. The lowest BCUT2D eigenvalue weighted by atomic mass is 9.98. The largest absolute Gasteiger partial charge is 0.507 e. The molecule has 0 fully saturated rings. The van der Waals surface area contributed by atoms with Gasteiger partial charge in [-0.1, -0.05) is 26.5 Å². The summed E-state index contributed by atoms with van der Waals surface area (Å²) in [5, 5.41) is 19.1. The molecular weight excluding hydrogens is 464 g/mol. The van der Waals surface area contributed by atoms with Crippen molar-refractivity contribution in [2.24, 2.45) is 0 Å². The molecule has 138 valence electrons. The molecule has 4 nitrogen and oxygen atoms in total. The number of ether oxygens (including phenoxy) is 1. The molecule has 0 saturated heterocycles. The van der Waals surface area contributed by atoms with E-state index >= 15 is 0 Å². The number of aliphatic carboxylic acids is 1. The first-order valence-corrected chi connectivity index (χ1v) is 9.68. The predicted octanol–water partition coefficient (Wildman–Crippen LogP) is 6.49. The highest BCUT2D eigenvalue weighted by molar-refractivity contribution is 9.11. The van der Waals surface area contributed by atoms with E-state index in [1.54, 1.807) is 12.1 Å². The molecule has 0 spiro atoms. The van der Waals surface area contributed by atoms with Gasteiger partial charge in [0.1, 0.15) is 11.5 Å². The smallest absolute Gasteiger partial charge is 0.303 e. The topological polar surface area (TPSA) is 66.8 Å². The van der Waals surface area contributed by atoms with Gasteiger partial charge in [0.15, 0.2) is 5.75 Å². The van der Waals surface area contributed by atoms with E-state index in [-0.39, 0.29) is 18.1 Å². The van der Waals surface area contributed by atoms with E-state index in [0.717, 1.165) is 11.1 Å². The van der Waals surface area contributed by atoms with Crippen LogP contribution in [0.15, 0.2) is 39.8 Å². The van der Waals surface area contributed by atoms with E-state index in [0.29, 0.717) is 32.4 Å². The minimum atomic E-state index is -0.833. The van der Waals surface area contributed by atoms with Gasteiger partial charge in [-0.25, -0.2) is 0 Å². The number of phenols is 1. The van der Waals surface area contributed by atoms with Crippen molar-refractivity contribution in [1.29, 1.82) is 0 Å². The van der Waals surface area contributed by atoms with E-state index in [1.165, 1.54) is 0 Å². The fourth-order valence-corrected chi connectivity index (χ4v) is 3.97. The van der Waals surface area contributed by atoms with Crippen LogP contribution in [0.2, 0.25) is 0 Å². The van der Waals surface area contributed by atoms with Crippen LogP contribution in [0.1, 0.15) is 42.9 Å². The molecule has 0 atom stereocenters. The standard InChI is InChI=1S/C20H20Br2O4/c1-4-13-9-14(10-15(11(2)3)19(13)25)26-20-16(21)7-12(8-17(20)22)5-6-18(23)24/h4,7-11,25H,1,5-6H2,2-3H3,(H,23,24). The minimum Gasteiger partial charge on any atom is -0.507 e. The van der Waals surface area contributed by atoms with Crippen LogP contribution in [0.4, 0.5) is 0 Å². The van der Waals surface area contributed by atoms with Crippen molar-refractivity contribution in [3.8, 4) is 17.2 Å². The molecule has 2 aromatic rings. The average Bonchev–Trinajstić information content (AvgIpc) is 2.57. The lowest BCUT2D eigenvalue weighted by Gasteiger charge is -2.16. The second-order valence-electron chi connectivity index (χ2n) is 6.19. The number of carbonyl (C=O) groups is 1. The summed E-state index contributed by atoms with van der Waals surface area (Å²) in [7, 11) is 0. The van der Waals surface area contributed by atoms with E-state index in [9.17, 15) is 9.90 Å². The number of benzene rings is 2. The Morgan fingerprint density at radius 1 is 1.23 bits per heavy atom. The van der Waals surface area contributed by atoms with Crippen molar-refractivity contribution in [3.63, 3.8) is 0 Å². The molecule has 0 saturated carbocycles. The molecule has 0 aliphatic rings. The lowest BCUT2D eigenvalue weighted by molar-refractivity contribution is -0.136. The van der Waals surface area contributed by atoms with Crippen LogP contribution in [0.3, 0.4) is 0 Å². The molecule has 0 unspecified atom stereocenters. The number of aromatic hydroxyl groups is 1. The molecule has 0 bridgehead atoms. The summed E-state index contributed by atoms with van der Waals surface area (Å²) in [6.45, 7) is 7.73. The quantitative estimate of drug-likeness (QED) is 0.472. The molecule has 0 heterocycles. The normalized spacial score (nSPS) is 10.8. The van der Waals surface area contributed by atoms with Crippen LogP contribution in [0, 0.1) is 0 Å². The number of phenolic OH excluding ortho intramolecular Hbond substituents is 1. The molecule has 0 aliphatic heterocycles. The molecule has 0 radical (unpaired) electrons. The van der Waals surface area contributed by atoms with Crippen LogP contribution in [-0.2, 0) is 11.2 Å². The Morgan fingerprint density at radius 2 is 1.85 bits per heavy atom. The van der Waals surface area contributed by atoms with Crippen molar-refractivity contribution in [2.45, 2.75) is 32.6 Å². The summed E-state index contributed by atoms with van der Waals surface area (Å²) >= 11 is 6.98. The molecule has 2 N–H and O–H groups in total. The van der Waals surface area contributed by atoms with Gasteiger partial charge in [0.25, 0.3) is 0 Å². The Labute approximate surface area is 169 Å². The first kappa shape index (κ1) is 20.5. The van der Waals surface area contributed by atoms with Crippen molar-refractivity contribution >= 4 is 43.9 Å². The zero-order valence-corrected chi connectivity index (χ0v) is 17.7. The summed E-state index contributed by atoms with van der Waals surface area (Å²) in [4.78, 5) is 10.7. The van der Waals surface area contributed by atoms with Crippen molar-refractivity contribution in [2.75, 3.05) is 0 Å². The van der Waals surface area contributed by atoms with Gasteiger partial charge in [-0.2, -0.15) is 0 Å². The lowest BCUT2D eigenvalue weighted by Crippen LogP contribution is -1.98. The van der Waals surface area contributed by atoms with Crippen LogP contribution in [-0.4, -0.2) is 16.2 Å². The van der Waals surface area contributed by atoms with Gasteiger partial charge in [0.05, 0.1) is 8.95 Å². The second-order valence-corrected chi connectivity index (χ2v) is 7.90. The molecule has 2 aromatic carbocycles. The molecule has 0 amide bonds. The zero-order chi connectivity index (χ0) is 19.4. The average molecular weight is 484 g/mol. The van der Waals surface area contributed by atoms with Gasteiger partial charge in [-0.3, -0.25) is 4.79 Å². The summed E-state index contributed by atoms with van der Waals surface area (Å²) in [5.41, 5.74) is 2.28. The van der Waals surface area contributed by atoms with E-state index < -0.39 is 5.97 Å². The second kappa shape index (κ2) is 8.73. The Balaban J connectivity index is 2.38. The maximum absolute atomic E-state index is 10.7. The Kier molecular flexibility index (Phi) is 6.89. The highest BCUT2D eigenvalue weighted by atomic mass is 79.9.